The van der Waals surface area contributed by atoms with E-state index in [0.717, 1.165) is 18.8 Å². The standard InChI is InChI=1S/C11H20BrN3O2S/c1-5-6-15-8-11(13-10(15)3)18(16,17)14(4)9(2)7-12/h8-9H,5-7H2,1-4H3. The van der Waals surface area contributed by atoms with E-state index in [1.165, 1.54) is 4.31 Å². The molecular formula is C11H20BrN3O2S. The lowest BCUT2D eigenvalue weighted by Crippen LogP contribution is -2.36. The Morgan fingerprint density at radius 3 is 2.67 bits per heavy atom. The second-order valence-corrected chi connectivity index (χ2v) is 6.94. The Labute approximate surface area is 117 Å². The summed E-state index contributed by atoms with van der Waals surface area (Å²) in [5.74, 6) is 0.732. The number of hydrogen-bond acceptors (Lipinski definition) is 3. The molecule has 1 aromatic heterocycles. The highest BCUT2D eigenvalue weighted by molar-refractivity contribution is 9.09. The summed E-state index contributed by atoms with van der Waals surface area (Å²) in [6, 6.07) is -0.105. The number of nitrogens with zero attached hydrogens (tertiary/aromatic N) is 3. The maximum absolute atomic E-state index is 12.3. The van der Waals surface area contributed by atoms with E-state index in [0.29, 0.717) is 5.33 Å². The van der Waals surface area contributed by atoms with E-state index in [-0.39, 0.29) is 11.1 Å². The van der Waals surface area contributed by atoms with Gasteiger partial charge in [-0.05, 0) is 20.3 Å². The maximum Gasteiger partial charge on any atom is 0.262 e. The summed E-state index contributed by atoms with van der Waals surface area (Å²) < 4.78 is 27.9. The van der Waals surface area contributed by atoms with Crippen LogP contribution < -0.4 is 0 Å². The minimum absolute atomic E-state index is 0.105. The van der Waals surface area contributed by atoms with Gasteiger partial charge in [-0.1, -0.05) is 22.9 Å². The van der Waals surface area contributed by atoms with Crippen LogP contribution in [-0.2, 0) is 16.6 Å². The molecule has 104 valence electrons. The van der Waals surface area contributed by atoms with Crippen molar-refractivity contribution in [1.82, 2.24) is 13.9 Å². The Hall–Kier alpha value is -0.400. The summed E-state index contributed by atoms with van der Waals surface area (Å²) in [4.78, 5) is 4.16. The van der Waals surface area contributed by atoms with Gasteiger partial charge < -0.3 is 4.57 Å². The van der Waals surface area contributed by atoms with Gasteiger partial charge in [0, 0.05) is 31.2 Å². The van der Waals surface area contributed by atoms with E-state index in [1.54, 1.807) is 13.2 Å². The molecule has 0 saturated carbocycles. The predicted octanol–water partition coefficient (Wildman–Crippen LogP) is 2.01. The van der Waals surface area contributed by atoms with E-state index in [1.807, 2.05) is 25.3 Å². The van der Waals surface area contributed by atoms with Gasteiger partial charge in [0.2, 0.25) is 0 Å². The highest BCUT2D eigenvalue weighted by Crippen LogP contribution is 2.17. The molecule has 1 heterocycles. The molecule has 1 aromatic rings. The first-order chi connectivity index (χ1) is 8.34. The first kappa shape index (κ1) is 15.7. The van der Waals surface area contributed by atoms with Crippen molar-refractivity contribution in [3.05, 3.63) is 12.0 Å². The second-order valence-electron chi connectivity index (χ2n) is 4.34. The van der Waals surface area contributed by atoms with E-state index in [2.05, 4.69) is 20.9 Å². The Morgan fingerprint density at radius 2 is 2.17 bits per heavy atom. The summed E-state index contributed by atoms with van der Waals surface area (Å²) in [5.41, 5.74) is 0. The molecule has 1 rings (SSSR count). The van der Waals surface area contributed by atoms with Crippen molar-refractivity contribution in [1.29, 1.82) is 0 Å². The molecule has 0 aliphatic rings. The lowest BCUT2D eigenvalue weighted by atomic mass is 10.4. The zero-order chi connectivity index (χ0) is 13.9. The Bertz CT molecular complexity index is 498. The van der Waals surface area contributed by atoms with E-state index in [9.17, 15) is 8.42 Å². The molecule has 0 spiro atoms. The van der Waals surface area contributed by atoms with Crippen LogP contribution in [0.25, 0.3) is 0 Å². The third-order valence-corrected chi connectivity index (χ3v) is 5.69. The third kappa shape index (κ3) is 3.13. The molecule has 0 saturated heterocycles. The largest absolute Gasteiger partial charge is 0.334 e. The molecule has 0 N–H and O–H groups in total. The average molecular weight is 338 g/mol. The monoisotopic (exact) mass is 337 g/mol. The molecule has 0 radical (unpaired) electrons. The van der Waals surface area contributed by atoms with Crippen molar-refractivity contribution in [3.63, 3.8) is 0 Å². The van der Waals surface area contributed by atoms with Crippen LogP contribution in [0.1, 0.15) is 26.1 Å². The fraction of sp³-hybridized carbons (Fsp3) is 0.727. The number of aromatic nitrogens is 2. The molecule has 18 heavy (non-hydrogen) atoms. The van der Waals surface area contributed by atoms with Crippen molar-refractivity contribution in [2.24, 2.45) is 0 Å². The average Bonchev–Trinajstić information content (AvgIpc) is 2.70. The van der Waals surface area contributed by atoms with Gasteiger partial charge in [0.15, 0.2) is 5.03 Å². The van der Waals surface area contributed by atoms with Crippen molar-refractivity contribution in [2.75, 3.05) is 12.4 Å². The van der Waals surface area contributed by atoms with Crippen LogP contribution in [0.3, 0.4) is 0 Å². The van der Waals surface area contributed by atoms with Gasteiger partial charge in [0.25, 0.3) is 10.0 Å². The van der Waals surface area contributed by atoms with Crippen molar-refractivity contribution >= 4 is 26.0 Å². The fourth-order valence-corrected chi connectivity index (χ4v) is 3.53. The van der Waals surface area contributed by atoms with E-state index in [4.69, 9.17) is 0 Å². The van der Waals surface area contributed by atoms with Gasteiger partial charge in [0.1, 0.15) is 5.82 Å². The van der Waals surface area contributed by atoms with Gasteiger partial charge >= 0.3 is 0 Å². The number of aryl methyl sites for hydroxylation is 2. The molecule has 0 aromatic carbocycles. The zero-order valence-corrected chi connectivity index (χ0v) is 13.6. The summed E-state index contributed by atoms with van der Waals surface area (Å²) in [6.07, 6.45) is 2.57. The van der Waals surface area contributed by atoms with Gasteiger partial charge in [-0.2, -0.15) is 4.31 Å². The van der Waals surface area contributed by atoms with Crippen LogP contribution in [0.5, 0.6) is 0 Å². The zero-order valence-electron chi connectivity index (χ0n) is 11.2. The lowest BCUT2D eigenvalue weighted by Gasteiger charge is -2.21. The van der Waals surface area contributed by atoms with Gasteiger partial charge in [-0.15, -0.1) is 0 Å². The van der Waals surface area contributed by atoms with E-state index < -0.39 is 10.0 Å². The SMILES string of the molecule is CCCn1cc(S(=O)(=O)N(C)C(C)CBr)nc1C. The fourth-order valence-electron chi connectivity index (χ4n) is 1.55. The van der Waals surface area contributed by atoms with Crippen molar-refractivity contribution in [3.8, 4) is 0 Å². The molecule has 1 unspecified atom stereocenters. The van der Waals surface area contributed by atoms with E-state index >= 15 is 0 Å². The first-order valence-corrected chi connectivity index (χ1v) is 8.48. The highest BCUT2D eigenvalue weighted by Gasteiger charge is 2.27. The second kappa shape index (κ2) is 6.16. The number of hydrogen-bond donors (Lipinski definition) is 0. The Morgan fingerprint density at radius 1 is 1.56 bits per heavy atom. The van der Waals surface area contributed by atoms with Crippen LogP contribution in [-0.4, -0.2) is 40.7 Å². The van der Waals surface area contributed by atoms with Crippen molar-refractivity contribution in [2.45, 2.75) is 44.8 Å². The third-order valence-electron chi connectivity index (χ3n) is 2.91. The molecule has 0 amide bonds. The van der Waals surface area contributed by atoms with Gasteiger partial charge in [-0.3, -0.25) is 0 Å². The molecule has 0 aliphatic heterocycles. The van der Waals surface area contributed by atoms with Crippen LogP contribution in [0, 0.1) is 6.92 Å². The molecule has 1 atom stereocenters. The quantitative estimate of drug-likeness (QED) is 0.746. The predicted molar refractivity (Wildman–Crippen MR) is 75.5 cm³/mol. The highest BCUT2D eigenvalue weighted by atomic mass is 79.9. The summed E-state index contributed by atoms with van der Waals surface area (Å²) in [6.45, 7) is 6.50. The molecule has 7 heteroatoms. The van der Waals surface area contributed by atoms with Crippen LogP contribution in [0.4, 0.5) is 0 Å². The van der Waals surface area contributed by atoms with Crippen molar-refractivity contribution < 1.29 is 8.42 Å². The van der Waals surface area contributed by atoms with Gasteiger partial charge in [0.05, 0.1) is 0 Å². The number of alkyl halides is 1. The summed E-state index contributed by atoms with van der Waals surface area (Å²) in [7, 11) is -1.92. The summed E-state index contributed by atoms with van der Waals surface area (Å²) >= 11 is 3.29. The minimum Gasteiger partial charge on any atom is -0.334 e. The minimum atomic E-state index is -3.50. The molecule has 0 aliphatic carbocycles. The first-order valence-electron chi connectivity index (χ1n) is 5.92. The van der Waals surface area contributed by atoms with Crippen LogP contribution in [0.15, 0.2) is 11.2 Å². The molecule has 0 bridgehead atoms. The lowest BCUT2D eigenvalue weighted by molar-refractivity contribution is 0.414. The Balaban J connectivity index is 3.09. The number of sulfonamides is 1. The van der Waals surface area contributed by atoms with Crippen LogP contribution in [0.2, 0.25) is 0 Å². The molecule has 5 nitrogen and oxygen atoms in total. The summed E-state index contributed by atoms with van der Waals surface area (Å²) in [5, 5.41) is 0.723. The number of rotatable bonds is 6. The van der Waals surface area contributed by atoms with Crippen LogP contribution >= 0.6 is 15.9 Å². The molecule has 0 fully saturated rings. The van der Waals surface area contributed by atoms with Gasteiger partial charge in [-0.25, -0.2) is 13.4 Å². The topological polar surface area (TPSA) is 55.2 Å². The number of imidazole rings is 1. The number of halogens is 1. The maximum atomic E-state index is 12.3. The Kier molecular flexibility index (Phi) is 5.36. The molecular weight excluding hydrogens is 318 g/mol. The smallest absolute Gasteiger partial charge is 0.262 e. The normalized spacial score (nSPS) is 14.1.